The van der Waals surface area contributed by atoms with Crippen LogP contribution in [0.5, 0.6) is 0 Å². The summed E-state index contributed by atoms with van der Waals surface area (Å²) in [6.45, 7) is 6.51. The van der Waals surface area contributed by atoms with Gasteiger partial charge >= 0.3 is 11.9 Å². The van der Waals surface area contributed by atoms with Crippen LogP contribution < -0.4 is 0 Å². The number of esters is 2. The predicted molar refractivity (Wildman–Crippen MR) is 216 cm³/mol. The third kappa shape index (κ3) is 40.4. The number of hydrogen-bond acceptors (Lipinski definition) is 6. The van der Waals surface area contributed by atoms with Gasteiger partial charge in [-0.25, -0.2) is 0 Å². The molecule has 0 rings (SSSR count). The van der Waals surface area contributed by atoms with Gasteiger partial charge in [-0.3, -0.25) is 9.59 Å². The third-order valence-electron chi connectivity index (χ3n) is 9.08. The van der Waals surface area contributed by atoms with Crippen molar-refractivity contribution in [1.82, 2.24) is 0 Å². The van der Waals surface area contributed by atoms with Gasteiger partial charge in [0.2, 0.25) is 0 Å². The zero-order valence-corrected chi connectivity index (χ0v) is 33.4. The normalized spacial score (nSPS) is 13.4. The highest BCUT2D eigenvalue weighted by Crippen LogP contribution is 2.15. The van der Waals surface area contributed by atoms with Crippen molar-refractivity contribution in [2.75, 3.05) is 13.2 Å². The van der Waals surface area contributed by atoms with E-state index in [1.165, 1.54) is 109 Å². The molecule has 0 fully saturated rings. The molecule has 0 aromatic heterocycles. The van der Waals surface area contributed by atoms with Gasteiger partial charge in [-0.15, -0.1) is 0 Å². The Balaban J connectivity index is 3.57. The summed E-state index contributed by atoms with van der Waals surface area (Å²) in [5, 5.41) is 20.1. The molecule has 6 nitrogen and oxygen atoms in total. The van der Waals surface area contributed by atoms with Crippen molar-refractivity contribution >= 4 is 11.9 Å². The van der Waals surface area contributed by atoms with Crippen LogP contribution in [0, 0.1) is 5.92 Å². The molecule has 0 aliphatic carbocycles. The zero-order valence-electron chi connectivity index (χ0n) is 33.4. The molecule has 296 valence electrons. The van der Waals surface area contributed by atoms with E-state index in [-0.39, 0.29) is 31.6 Å². The molecule has 0 aliphatic rings. The summed E-state index contributed by atoms with van der Waals surface area (Å²) in [5.41, 5.74) is 0. The number of allylic oxidation sites excluding steroid dienone is 6. The molecule has 6 heteroatoms. The summed E-state index contributed by atoms with van der Waals surface area (Å²) in [6, 6.07) is 0. The van der Waals surface area contributed by atoms with Gasteiger partial charge in [-0.05, 0) is 50.9 Å². The lowest BCUT2D eigenvalue weighted by Crippen LogP contribution is -2.25. The molecular formula is C45H80O6. The van der Waals surface area contributed by atoms with Crippen LogP contribution >= 0.6 is 0 Å². The second-order valence-corrected chi connectivity index (χ2v) is 14.8. The van der Waals surface area contributed by atoms with Crippen LogP contribution in [0.2, 0.25) is 0 Å². The number of hydrogen-bond donors (Lipinski definition) is 2. The lowest BCUT2D eigenvalue weighted by Gasteiger charge is -2.12. The molecule has 0 saturated heterocycles. The average Bonchev–Trinajstić information content (AvgIpc) is 3.11. The zero-order chi connectivity index (χ0) is 37.5. The van der Waals surface area contributed by atoms with Crippen LogP contribution in [-0.2, 0) is 19.1 Å². The molecule has 2 atom stereocenters. The SMILES string of the molecule is CCCCC/C=C\C/C=C\CC(O)/C=C\C=C\CCCC(=O)OC[C@@H](O)COC(=O)CCCCCCCCCCCCCCCCCCC(C)C. The largest absolute Gasteiger partial charge is 0.463 e. The summed E-state index contributed by atoms with van der Waals surface area (Å²) >= 11 is 0. The van der Waals surface area contributed by atoms with E-state index in [4.69, 9.17) is 9.47 Å². The van der Waals surface area contributed by atoms with Gasteiger partial charge in [0.05, 0.1) is 6.10 Å². The summed E-state index contributed by atoms with van der Waals surface area (Å²) < 4.78 is 10.3. The maximum absolute atomic E-state index is 12.0. The fourth-order valence-corrected chi connectivity index (χ4v) is 5.81. The first-order chi connectivity index (χ1) is 24.8. The molecule has 0 aromatic rings. The lowest BCUT2D eigenvalue weighted by atomic mass is 10.0. The second-order valence-electron chi connectivity index (χ2n) is 14.8. The smallest absolute Gasteiger partial charge is 0.305 e. The Morgan fingerprint density at radius 1 is 0.549 bits per heavy atom. The number of aliphatic hydroxyl groups excluding tert-OH is 2. The van der Waals surface area contributed by atoms with Crippen molar-refractivity contribution in [2.24, 2.45) is 5.92 Å². The minimum Gasteiger partial charge on any atom is -0.463 e. The number of unbranched alkanes of at least 4 members (excludes halogenated alkanes) is 19. The average molecular weight is 717 g/mol. The summed E-state index contributed by atoms with van der Waals surface area (Å²) in [4.78, 5) is 24.0. The van der Waals surface area contributed by atoms with E-state index >= 15 is 0 Å². The molecular weight excluding hydrogens is 636 g/mol. The number of aliphatic hydroxyl groups is 2. The fraction of sp³-hybridized carbons (Fsp3) is 0.778. The van der Waals surface area contributed by atoms with Crippen molar-refractivity contribution in [3.05, 3.63) is 48.6 Å². The first-order valence-corrected chi connectivity index (χ1v) is 21.2. The number of carbonyl (C=O) groups is 2. The van der Waals surface area contributed by atoms with E-state index in [1.54, 1.807) is 6.08 Å². The Labute approximate surface area is 314 Å². The second kappa shape index (κ2) is 39.0. The molecule has 2 N–H and O–H groups in total. The quantitative estimate of drug-likeness (QED) is 0.0288. The van der Waals surface area contributed by atoms with Gasteiger partial charge in [0, 0.05) is 12.8 Å². The molecule has 1 unspecified atom stereocenters. The van der Waals surface area contributed by atoms with Crippen molar-refractivity contribution in [2.45, 2.75) is 206 Å². The van der Waals surface area contributed by atoms with E-state index in [0.717, 1.165) is 38.0 Å². The van der Waals surface area contributed by atoms with Crippen molar-refractivity contribution in [1.29, 1.82) is 0 Å². The summed E-state index contributed by atoms with van der Waals surface area (Å²) in [7, 11) is 0. The molecule has 0 saturated carbocycles. The minimum atomic E-state index is -1.01. The predicted octanol–water partition coefficient (Wildman–Crippen LogP) is 12.2. The Hall–Kier alpha value is -2.18. The standard InChI is InChI=1S/C45H80O6/c1-4-5-6-7-8-17-21-25-30-35-42(46)36-31-26-23-28-33-38-45(49)51-40-43(47)39-50-44(48)37-32-27-22-19-16-14-12-10-9-11-13-15-18-20-24-29-34-41(2)3/h8,17,23,25-26,30-31,36,41-43,46-47H,4-7,9-16,18-22,24,27-29,32-35,37-40H2,1-3H3/b17-8-,26-23+,30-25-,36-31-/t42?,43-/m0/s1. The monoisotopic (exact) mass is 717 g/mol. The molecule has 0 aromatic carbocycles. The first kappa shape index (κ1) is 48.8. The molecule has 51 heavy (non-hydrogen) atoms. The van der Waals surface area contributed by atoms with Crippen LogP contribution in [0.15, 0.2) is 48.6 Å². The van der Waals surface area contributed by atoms with Crippen molar-refractivity contribution in [3.63, 3.8) is 0 Å². The van der Waals surface area contributed by atoms with E-state index in [1.807, 2.05) is 24.3 Å². The molecule has 0 radical (unpaired) electrons. The third-order valence-corrected chi connectivity index (χ3v) is 9.08. The van der Waals surface area contributed by atoms with E-state index in [9.17, 15) is 19.8 Å². The molecule has 0 heterocycles. The number of carbonyl (C=O) groups excluding carboxylic acids is 2. The highest BCUT2D eigenvalue weighted by atomic mass is 16.6. The van der Waals surface area contributed by atoms with Crippen LogP contribution in [-0.4, -0.2) is 47.6 Å². The van der Waals surface area contributed by atoms with Crippen molar-refractivity contribution < 1.29 is 29.3 Å². The topological polar surface area (TPSA) is 93.1 Å². The molecule has 0 aliphatic heterocycles. The van der Waals surface area contributed by atoms with Crippen molar-refractivity contribution in [3.8, 4) is 0 Å². The maximum atomic E-state index is 12.0. The van der Waals surface area contributed by atoms with Crippen LogP contribution in [0.3, 0.4) is 0 Å². The first-order valence-electron chi connectivity index (χ1n) is 21.2. The minimum absolute atomic E-state index is 0.155. The Morgan fingerprint density at radius 3 is 1.59 bits per heavy atom. The van der Waals surface area contributed by atoms with Gasteiger partial charge in [0.25, 0.3) is 0 Å². The van der Waals surface area contributed by atoms with E-state index < -0.39 is 12.2 Å². The summed E-state index contributed by atoms with van der Waals surface area (Å²) in [5.74, 6) is 0.165. The van der Waals surface area contributed by atoms with Crippen LogP contribution in [0.25, 0.3) is 0 Å². The van der Waals surface area contributed by atoms with Gasteiger partial charge in [0.15, 0.2) is 0 Å². The van der Waals surface area contributed by atoms with E-state index in [2.05, 4.69) is 39.0 Å². The van der Waals surface area contributed by atoms with Gasteiger partial charge in [-0.2, -0.15) is 0 Å². The fourth-order valence-electron chi connectivity index (χ4n) is 5.81. The Morgan fingerprint density at radius 2 is 1.04 bits per heavy atom. The Bertz CT molecular complexity index is 889. The highest BCUT2D eigenvalue weighted by Gasteiger charge is 2.12. The molecule has 0 amide bonds. The molecule has 0 spiro atoms. The van der Waals surface area contributed by atoms with Gasteiger partial charge in [0.1, 0.15) is 19.3 Å². The molecule has 0 bridgehead atoms. The Kier molecular flexibility index (Phi) is 37.4. The number of ether oxygens (including phenoxy) is 2. The van der Waals surface area contributed by atoms with Gasteiger partial charge in [-0.1, -0.05) is 185 Å². The van der Waals surface area contributed by atoms with E-state index in [0.29, 0.717) is 25.7 Å². The van der Waals surface area contributed by atoms with Crippen LogP contribution in [0.4, 0.5) is 0 Å². The van der Waals surface area contributed by atoms with Gasteiger partial charge < -0.3 is 19.7 Å². The lowest BCUT2D eigenvalue weighted by molar-refractivity contribution is -0.152. The maximum Gasteiger partial charge on any atom is 0.305 e. The van der Waals surface area contributed by atoms with Crippen LogP contribution in [0.1, 0.15) is 194 Å². The highest BCUT2D eigenvalue weighted by molar-refractivity contribution is 5.69. The number of rotatable bonds is 37. The summed E-state index contributed by atoms with van der Waals surface area (Å²) in [6.07, 6.45) is 44.9.